The third-order valence-electron chi connectivity index (χ3n) is 3.97. The summed E-state index contributed by atoms with van der Waals surface area (Å²) in [6.07, 6.45) is 0. The molecule has 2 aromatic carbocycles. The molecule has 0 spiro atoms. The predicted molar refractivity (Wildman–Crippen MR) is 98.2 cm³/mol. The summed E-state index contributed by atoms with van der Waals surface area (Å²) in [4.78, 5) is 28.8. The summed E-state index contributed by atoms with van der Waals surface area (Å²) in [5.41, 5.74) is 0.351. The van der Waals surface area contributed by atoms with Crippen LogP contribution in [-0.4, -0.2) is 32.3 Å². The van der Waals surface area contributed by atoms with Crippen molar-refractivity contribution in [2.24, 2.45) is 0 Å². The number of anilines is 1. The van der Waals surface area contributed by atoms with Gasteiger partial charge in [0.15, 0.2) is 17.5 Å². The van der Waals surface area contributed by atoms with Crippen molar-refractivity contribution in [3.05, 3.63) is 58.4 Å². The lowest BCUT2D eigenvalue weighted by molar-refractivity contribution is -0.141. The summed E-state index contributed by atoms with van der Waals surface area (Å²) in [6, 6.07) is 11.0. The lowest BCUT2D eigenvalue weighted by atomic mass is 10.1. The van der Waals surface area contributed by atoms with Crippen LogP contribution >= 0.6 is 0 Å². The summed E-state index contributed by atoms with van der Waals surface area (Å²) >= 11 is 0. The molecule has 8 nitrogen and oxygen atoms in total. The first-order valence-corrected chi connectivity index (χ1v) is 8.03. The SMILES string of the molecule is COC(=O)[C@H](Nc1nc2cc(OC)c(OC)cc2c(=O)o1)c1ccccc1. The van der Waals surface area contributed by atoms with E-state index in [0.717, 1.165) is 0 Å². The first kappa shape index (κ1) is 18.2. The molecular formula is C19H18N2O6. The molecule has 0 bridgehead atoms. The van der Waals surface area contributed by atoms with E-state index in [1.807, 2.05) is 6.07 Å². The van der Waals surface area contributed by atoms with Crippen LogP contribution in [0.5, 0.6) is 11.5 Å². The largest absolute Gasteiger partial charge is 0.493 e. The maximum absolute atomic E-state index is 12.4. The Bertz CT molecular complexity index is 1020. The number of aromatic nitrogens is 1. The minimum atomic E-state index is -0.885. The lowest BCUT2D eigenvalue weighted by Gasteiger charge is -2.16. The molecule has 1 aromatic heterocycles. The van der Waals surface area contributed by atoms with Crippen LogP contribution < -0.4 is 20.4 Å². The van der Waals surface area contributed by atoms with Gasteiger partial charge in [-0.25, -0.2) is 9.59 Å². The molecule has 0 saturated heterocycles. The van der Waals surface area contributed by atoms with Crippen LogP contribution in [0.3, 0.4) is 0 Å². The van der Waals surface area contributed by atoms with E-state index in [2.05, 4.69) is 10.3 Å². The van der Waals surface area contributed by atoms with Crippen LogP contribution in [0.25, 0.3) is 10.9 Å². The van der Waals surface area contributed by atoms with Crippen LogP contribution in [0.15, 0.2) is 51.7 Å². The van der Waals surface area contributed by atoms with E-state index >= 15 is 0 Å². The molecule has 0 unspecified atom stereocenters. The molecule has 1 N–H and O–H groups in total. The Labute approximate surface area is 154 Å². The van der Waals surface area contributed by atoms with E-state index in [0.29, 0.717) is 22.6 Å². The summed E-state index contributed by atoms with van der Waals surface area (Å²) in [5.74, 6) is 0.260. The van der Waals surface area contributed by atoms with Crippen molar-refractivity contribution >= 4 is 22.9 Å². The smallest absolute Gasteiger partial charge is 0.348 e. The van der Waals surface area contributed by atoms with Crippen molar-refractivity contribution in [3.63, 3.8) is 0 Å². The highest BCUT2D eigenvalue weighted by Gasteiger charge is 2.23. The Kier molecular flexibility index (Phi) is 5.25. The molecule has 8 heteroatoms. The van der Waals surface area contributed by atoms with Crippen molar-refractivity contribution in [1.82, 2.24) is 4.98 Å². The molecule has 1 atom stereocenters. The van der Waals surface area contributed by atoms with E-state index in [-0.39, 0.29) is 11.4 Å². The number of ether oxygens (including phenoxy) is 3. The predicted octanol–water partition coefficient (Wildman–Crippen LogP) is 2.53. The van der Waals surface area contributed by atoms with Crippen molar-refractivity contribution < 1.29 is 23.4 Å². The van der Waals surface area contributed by atoms with Crippen LogP contribution in [0.2, 0.25) is 0 Å². The molecule has 3 rings (SSSR count). The molecular weight excluding hydrogens is 352 g/mol. The standard InChI is InChI=1S/C19H18N2O6/c1-24-14-9-12-13(10-15(14)25-2)20-19(27-17(12)22)21-16(18(23)26-3)11-7-5-4-6-8-11/h4-10,16H,1-3H3,(H,20,21)/t16-/m1/s1. The highest BCUT2D eigenvalue weighted by atomic mass is 16.5. The zero-order valence-corrected chi connectivity index (χ0v) is 15.0. The second-order valence-corrected chi connectivity index (χ2v) is 5.54. The maximum Gasteiger partial charge on any atom is 0.348 e. The molecule has 1 heterocycles. The summed E-state index contributed by atoms with van der Waals surface area (Å²) in [5, 5.41) is 3.05. The first-order chi connectivity index (χ1) is 13.1. The van der Waals surface area contributed by atoms with Crippen LogP contribution in [-0.2, 0) is 9.53 Å². The molecule has 0 saturated carbocycles. The fourth-order valence-electron chi connectivity index (χ4n) is 2.63. The number of nitrogens with one attached hydrogen (secondary N) is 1. The third-order valence-corrected chi connectivity index (χ3v) is 3.97. The topological polar surface area (TPSA) is 99.9 Å². The van der Waals surface area contributed by atoms with Gasteiger partial charge in [0.1, 0.15) is 0 Å². The van der Waals surface area contributed by atoms with Gasteiger partial charge in [0, 0.05) is 12.1 Å². The molecule has 0 fully saturated rings. The normalized spacial score (nSPS) is 11.7. The summed E-state index contributed by atoms with van der Waals surface area (Å²) < 4.78 is 20.5. The number of carbonyl (C=O) groups excluding carboxylic acids is 1. The van der Waals surface area contributed by atoms with Crippen molar-refractivity contribution in [2.75, 3.05) is 26.6 Å². The van der Waals surface area contributed by atoms with Gasteiger partial charge in [-0.05, 0) is 5.56 Å². The molecule has 3 aromatic rings. The number of fused-ring (bicyclic) bond motifs is 1. The third kappa shape index (κ3) is 3.69. The van der Waals surface area contributed by atoms with Gasteiger partial charge < -0.3 is 23.9 Å². The van der Waals surface area contributed by atoms with Gasteiger partial charge in [-0.2, -0.15) is 4.98 Å². The Morgan fingerprint density at radius 1 is 1.07 bits per heavy atom. The second-order valence-electron chi connectivity index (χ2n) is 5.54. The highest BCUT2D eigenvalue weighted by Crippen LogP contribution is 2.31. The van der Waals surface area contributed by atoms with E-state index < -0.39 is 17.6 Å². The minimum absolute atomic E-state index is 0.112. The monoisotopic (exact) mass is 370 g/mol. The maximum atomic E-state index is 12.4. The van der Waals surface area contributed by atoms with Crippen molar-refractivity contribution in [3.8, 4) is 11.5 Å². The van der Waals surface area contributed by atoms with E-state index in [1.54, 1.807) is 30.3 Å². The molecule has 0 radical (unpaired) electrons. The summed E-state index contributed by atoms with van der Waals surface area (Å²) in [6.45, 7) is 0. The van der Waals surface area contributed by atoms with Gasteiger partial charge in [0.05, 0.1) is 32.2 Å². The quantitative estimate of drug-likeness (QED) is 0.661. The Morgan fingerprint density at radius 2 is 1.74 bits per heavy atom. The molecule has 0 amide bonds. The van der Waals surface area contributed by atoms with Gasteiger partial charge in [-0.15, -0.1) is 0 Å². The van der Waals surface area contributed by atoms with E-state index in [9.17, 15) is 9.59 Å². The van der Waals surface area contributed by atoms with Gasteiger partial charge in [-0.1, -0.05) is 30.3 Å². The van der Waals surface area contributed by atoms with E-state index in [4.69, 9.17) is 18.6 Å². The lowest BCUT2D eigenvalue weighted by Crippen LogP contribution is -2.23. The van der Waals surface area contributed by atoms with Crippen LogP contribution in [0, 0.1) is 0 Å². The molecule has 0 aliphatic heterocycles. The second kappa shape index (κ2) is 7.77. The number of hydrogen-bond donors (Lipinski definition) is 1. The number of methoxy groups -OCH3 is 3. The number of carbonyl (C=O) groups is 1. The average Bonchev–Trinajstić information content (AvgIpc) is 2.71. The number of hydrogen-bond acceptors (Lipinski definition) is 8. The zero-order chi connectivity index (χ0) is 19.4. The van der Waals surface area contributed by atoms with E-state index in [1.165, 1.54) is 27.4 Å². The highest BCUT2D eigenvalue weighted by molar-refractivity contribution is 5.83. The van der Waals surface area contributed by atoms with Crippen molar-refractivity contribution in [2.45, 2.75) is 6.04 Å². The van der Waals surface area contributed by atoms with Crippen LogP contribution in [0.4, 0.5) is 6.01 Å². The Morgan fingerprint density at radius 3 is 2.37 bits per heavy atom. The van der Waals surface area contributed by atoms with Gasteiger partial charge in [0.25, 0.3) is 6.01 Å². The van der Waals surface area contributed by atoms with Crippen molar-refractivity contribution in [1.29, 1.82) is 0 Å². The van der Waals surface area contributed by atoms with Gasteiger partial charge in [-0.3, -0.25) is 0 Å². The number of nitrogens with zero attached hydrogens (tertiary/aromatic N) is 1. The number of esters is 1. The fourth-order valence-corrected chi connectivity index (χ4v) is 2.63. The number of rotatable bonds is 6. The average molecular weight is 370 g/mol. The zero-order valence-electron chi connectivity index (χ0n) is 15.0. The molecule has 0 aliphatic carbocycles. The molecule has 27 heavy (non-hydrogen) atoms. The Hall–Kier alpha value is -3.55. The van der Waals surface area contributed by atoms with Crippen LogP contribution in [0.1, 0.15) is 11.6 Å². The summed E-state index contributed by atoms with van der Waals surface area (Å²) in [7, 11) is 4.23. The first-order valence-electron chi connectivity index (χ1n) is 8.03. The van der Waals surface area contributed by atoms with Gasteiger partial charge in [0.2, 0.25) is 0 Å². The molecule has 140 valence electrons. The minimum Gasteiger partial charge on any atom is -0.493 e. The molecule has 0 aliphatic rings. The van der Waals surface area contributed by atoms with Gasteiger partial charge >= 0.3 is 11.6 Å². The number of benzene rings is 2. The fraction of sp³-hybridized carbons (Fsp3) is 0.211. The Balaban J connectivity index is 2.05.